The Labute approximate surface area is 77.8 Å². The summed E-state index contributed by atoms with van der Waals surface area (Å²) in [6.45, 7) is 3.40. The average Bonchev–Trinajstić information content (AvgIpc) is 2.57. The van der Waals surface area contributed by atoms with E-state index in [2.05, 4.69) is 19.1 Å². The summed E-state index contributed by atoms with van der Waals surface area (Å²) >= 11 is 0. The van der Waals surface area contributed by atoms with Gasteiger partial charge in [0.25, 0.3) is 5.95 Å². The highest BCUT2D eigenvalue weighted by Gasteiger charge is 2.07. The van der Waals surface area contributed by atoms with Gasteiger partial charge in [0.2, 0.25) is 0 Å². The maximum atomic E-state index is 5.24. The fourth-order valence-electron chi connectivity index (χ4n) is 1.31. The number of hydrogen-bond acceptors (Lipinski definition) is 2. The fourth-order valence-corrected chi connectivity index (χ4v) is 1.31. The molecular formula is C11H12O2. The SMILES string of the molecule is Cc1cccc(C=C2OCCO2)c1. The molecule has 0 unspecified atom stereocenters. The Kier molecular flexibility index (Phi) is 2.21. The summed E-state index contributed by atoms with van der Waals surface area (Å²) in [6, 6.07) is 8.22. The smallest absolute Gasteiger partial charge is 0.279 e. The zero-order valence-corrected chi connectivity index (χ0v) is 7.62. The molecule has 0 saturated carbocycles. The van der Waals surface area contributed by atoms with Crippen molar-refractivity contribution >= 4 is 6.08 Å². The Bertz CT molecular complexity index is 321. The average molecular weight is 176 g/mol. The summed E-state index contributed by atoms with van der Waals surface area (Å²) in [5.41, 5.74) is 2.37. The summed E-state index contributed by atoms with van der Waals surface area (Å²) in [4.78, 5) is 0. The molecule has 13 heavy (non-hydrogen) atoms. The van der Waals surface area contributed by atoms with Gasteiger partial charge in [-0.05, 0) is 12.5 Å². The first-order chi connectivity index (χ1) is 6.34. The molecule has 0 atom stereocenters. The van der Waals surface area contributed by atoms with Crippen LogP contribution in [0.5, 0.6) is 0 Å². The molecule has 0 N–H and O–H groups in total. The second kappa shape index (κ2) is 3.52. The highest BCUT2D eigenvalue weighted by molar-refractivity contribution is 5.51. The molecule has 1 saturated heterocycles. The lowest BCUT2D eigenvalue weighted by Crippen LogP contribution is -1.81. The van der Waals surface area contributed by atoms with Crippen LogP contribution in [0.3, 0.4) is 0 Å². The van der Waals surface area contributed by atoms with Gasteiger partial charge in [0.05, 0.1) is 0 Å². The van der Waals surface area contributed by atoms with Crippen LogP contribution in [0.1, 0.15) is 11.1 Å². The van der Waals surface area contributed by atoms with E-state index >= 15 is 0 Å². The topological polar surface area (TPSA) is 18.5 Å². The molecule has 1 aromatic carbocycles. The van der Waals surface area contributed by atoms with Gasteiger partial charge in [-0.2, -0.15) is 0 Å². The molecule has 0 aliphatic carbocycles. The Hall–Kier alpha value is -1.44. The molecule has 1 aliphatic heterocycles. The van der Waals surface area contributed by atoms with E-state index in [9.17, 15) is 0 Å². The molecule has 0 radical (unpaired) electrons. The highest BCUT2D eigenvalue weighted by Crippen LogP contribution is 2.14. The van der Waals surface area contributed by atoms with Crippen molar-refractivity contribution in [1.82, 2.24) is 0 Å². The minimum Gasteiger partial charge on any atom is -0.462 e. The normalized spacial score (nSPS) is 15.0. The van der Waals surface area contributed by atoms with Crippen LogP contribution in [0, 0.1) is 6.92 Å². The van der Waals surface area contributed by atoms with Crippen molar-refractivity contribution in [2.24, 2.45) is 0 Å². The molecule has 2 rings (SSSR count). The second-order valence-electron chi connectivity index (χ2n) is 3.07. The van der Waals surface area contributed by atoms with E-state index < -0.39 is 0 Å². The molecule has 0 spiro atoms. The number of hydrogen-bond donors (Lipinski definition) is 0. The third kappa shape index (κ3) is 2.02. The lowest BCUT2D eigenvalue weighted by atomic mass is 10.1. The lowest BCUT2D eigenvalue weighted by molar-refractivity contribution is 0.181. The van der Waals surface area contributed by atoms with Gasteiger partial charge in [-0.3, -0.25) is 0 Å². The summed E-state index contributed by atoms with van der Waals surface area (Å²) in [5.74, 6) is 0.630. The summed E-state index contributed by atoms with van der Waals surface area (Å²) in [7, 11) is 0. The minimum atomic E-state index is 0.630. The van der Waals surface area contributed by atoms with Gasteiger partial charge in [0, 0.05) is 6.08 Å². The zero-order chi connectivity index (χ0) is 9.10. The van der Waals surface area contributed by atoms with Crippen LogP contribution < -0.4 is 0 Å². The van der Waals surface area contributed by atoms with Crippen molar-refractivity contribution in [3.63, 3.8) is 0 Å². The first-order valence-electron chi connectivity index (χ1n) is 4.38. The monoisotopic (exact) mass is 176 g/mol. The van der Waals surface area contributed by atoms with Gasteiger partial charge in [-0.1, -0.05) is 29.8 Å². The lowest BCUT2D eigenvalue weighted by Gasteiger charge is -1.98. The molecule has 1 heterocycles. The van der Waals surface area contributed by atoms with Crippen molar-refractivity contribution in [3.05, 3.63) is 41.3 Å². The van der Waals surface area contributed by atoms with E-state index in [1.165, 1.54) is 5.56 Å². The molecule has 1 fully saturated rings. The molecule has 68 valence electrons. The van der Waals surface area contributed by atoms with E-state index in [-0.39, 0.29) is 0 Å². The van der Waals surface area contributed by atoms with Crippen molar-refractivity contribution < 1.29 is 9.47 Å². The predicted octanol–water partition coefficient (Wildman–Crippen LogP) is 2.34. The maximum absolute atomic E-state index is 5.24. The van der Waals surface area contributed by atoms with Crippen molar-refractivity contribution in [2.45, 2.75) is 6.92 Å². The van der Waals surface area contributed by atoms with Crippen LogP contribution in [0.15, 0.2) is 30.2 Å². The number of benzene rings is 1. The van der Waals surface area contributed by atoms with Gasteiger partial charge in [0.15, 0.2) is 0 Å². The number of aryl methyl sites for hydroxylation is 1. The number of rotatable bonds is 1. The van der Waals surface area contributed by atoms with Crippen LogP contribution in [0.4, 0.5) is 0 Å². The summed E-state index contributed by atoms with van der Waals surface area (Å²) in [5, 5.41) is 0. The molecule has 1 aromatic rings. The Morgan fingerprint density at radius 3 is 2.69 bits per heavy atom. The molecule has 1 aliphatic rings. The maximum Gasteiger partial charge on any atom is 0.279 e. The van der Waals surface area contributed by atoms with Crippen molar-refractivity contribution in [1.29, 1.82) is 0 Å². The number of ether oxygens (including phenoxy) is 2. The standard InChI is InChI=1S/C11H12O2/c1-9-3-2-4-10(7-9)8-11-12-5-6-13-11/h2-4,7-8H,5-6H2,1H3. The van der Waals surface area contributed by atoms with Gasteiger partial charge in [-0.25, -0.2) is 0 Å². The highest BCUT2D eigenvalue weighted by atomic mass is 16.7. The first-order valence-corrected chi connectivity index (χ1v) is 4.38. The molecule has 2 nitrogen and oxygen atoms in total. The minimum absolute atomic E-state index is 0.630. The van der Waals surface area contributed by atoms with E-state index in [1.54, 1.807) is 0 Å². The van der Waals surface area contributed by atoms with Crippen molar-refractivity contribution in [3.8, 4) is 0 Å². The van der Waals surface area contributed by atoms with Crippen LogP contribution in [-0.2, 0) is 9.47 Å². The van der Waals surface area contributed by atoms with E-state index in [1.807, 2.05) is 18.2 Å². The van der Waals surface area contributed by atoms with E-state index in [0.717, 1.165) is 5.56 Å². The first kappa shape index (κ1) is 8.17. The predicted molar refractivity (Wildman–Crippen MR) is 51.1 cm³/mol. The van der Waals surface area contributed by atoms with Gasteiger partial charge in [-0.15, -0.1) is 0 Å². The fraction of sp³-hybridized carbons (Fsp3) is 0.273. The Balaban J connectivity index is 2.21. The second-order valence-corrected chi connectivity index (χ2v) is 3.07. The zero-order valence-electron chi connectivity index (χ0n) is 7.62. The van der Waals surface area contributed by atoms with E-state index in [0.29, 0.717) is 19.2 Å². The largest absolute Gasteiger partial charge is 0.462 e. The van der Waals surface area contributed by atoms with Crippen LogP contribution >= 0.6 is 0 Å². The van der Waals surface area contributed by atoms with E-state index in [4.69, 9.17) is 9.47 Å². The molecule has 0 amide bonds. The molecule has 0 aromatic heterocycles. The van der Waals surface area contributed by atoms with Crippen LogP contribution in [0.25, 0.3) is 6.08 Å². The van der Waals surface area contributed by atoms with Gasteiger partial charge >= 0.3 is 0 Å². The summed E-state index contributed by atoms with van der Waals surface area (Å²) in [6.07, 6.45) is 1.92. The quantitative estimate of drug-likeness (QED) is 0.653. The van der Waals surface area contributed by atoms with Crippen LogP contribution in [-0.4, -0.2) is 13.2 Å². The Morgan fingerprint density at radius 1 is 1.23 bits per heavy atom. The summed E-state index contributed by atoms with van der Waals surface area (Å²) < 4.78 is 10.5. The Morgan fingerprint density at radius 2 is 2.00 bits per heavy atom. The molecule has 2 heteroatoms. The molecular weight excluding hydrogens is 164 g/mol. The third-order valence-electron chi connectivity index (χ3n) is 1.90. The third-order valence-corrected chi connectivity index (χ3v) is 1.90. The van der Waals surface area contributed by atoms with Crippen molar-refractivity contribution in [2.75, 3.05) is 13.2 Å². The molecule has 0 bridgehead atoms. The van der Waals surface area contributed by atoms with Crippen LogP contribution in [0.2, 0.25) is 0 Å². The van der Waals surface area contributed by atoms with Gasteiger partial charge < -0.3 is 9.47 Å². The van der Waals surface area contributed by atoms with Gasteiger partial charge in [0.1, 0.15) is 13.2 Å².